The second-order valence-corrected chi connectivity index (χ2v) is 4.26. The summed E-state index contributed by atoms with van der Waals surface area (Å²) in [5.74, 6) is -2.96. The Hall–Kier alpha value is -1.92. The number of carboxylic acid groups (broad SMARTS) is 1. The normalized spacial score (nSPS) is 26.9. The van der Waals surface area contributed by atoms with Crippen LogP contribution in [-0.4, -0.2) is 46.8 Å². The zero-order valence-corrected chi connectivity index (χ0v) is 9.01. The van der Waals surface area contributed by atoms with E-state index >= 15 is 0 Å². The van der Waals surface area contributed by atoms with Crippen molar-refractivity contribution in [1.82, 2.24) is 10.2 Å². The monoisotopic (exact) mass is 240 g/mol. The maximum atomic E-state index is 11.6. The van der Waals surface area contributed by atoms with Gasteiger partial charge in [-0.3, -0.25) is 24.5 Å². The summed E-state index contributed by atoms with van der Waals surface area (Å²) in [6.45, 7) is 0.418. The van der Waals surface area contributed by atoms with Crippen molar-refractivity contribution in [3.8, 4) is 0 Å². The van der Waals surface area contributed by atoms with Crippen molar-refractivity contribution in [2.24, 2.45) is 11.8 Å². The van der Waals surface area contributed by atoms with Gasteiger partial charge in [0.05, 0.1) is 18.3 Å². The van der Waals surface area contributed by atoms with Crippen LogP contribution < -0.4 is 5.32 Å². The highest BCUT2D eigenvalue weighted by atomic mass is 16.4. The number of nitrogens with zero attached hydrogens (tertiary/aromatic N) is 1. The molecule has 0 radical (unpaired) electrons. The Morgan fingerprint density at radius 1 is 1.18 bits per heavy atom. The molecule has 0 spiro atoms. The quantitative estimate of drug-likeness (QED) is 0.589. The minimum Gasteiger partial charge on any atom is -0.481 e. The number of carbonyl (C=O) groups is 4. The van der Waals surface area contributed by atoms with Gasteiger partial charge >= 0.3 is 5.97 Å². The molecule has 2 fully saturated rings. The topological polar surface area (TPSA) is 104 Å². The van der Waals surface area contributed by atoms with Crippen molar-refractivity contribution in [2.75, 3.05) is 13.1 Å². The van der Waals surface area contributed by atoms with Gasteiger partial charge in [0, 0.05) is 19.5 Å². The molecule has 2 aliphatic heterocycles. The van der Waals surface area contributed by atoms with Crippen LogP contribution in [0.1, 0.15) is 12.8 Å². The molecule has 7 nitrogen and oxygen atoms in total. The summed E-state index contributed by atoms with van der Waals surface area (Å²) >= 11 is 0. The molecule has 92 valence electrons. The lowest BCUT2D eigenvalue weighted by atomic mass is 10.00. The molecule has 2 saturated heterocycles. The fourth-order valence-corrected chi connectivity index (χ4v) is 2.22. The second kappa shape index (κ2) is 4.15. The van der Waals surface area contributed by atoms with Crippen LogP contribution >= 0.6 is 0 Å². The molecular weight excluding hydrogens is 228 g/mol. The molecule has 0 aromatic heterocycles. The van der Waals surface area contributed by atoms with E-state index < -0.39 is 17.8 Å². The van der Waals surface area contributed by atoms with Crippen molar-refractivity contribution >= 4 is 23.7 Å². The lowest BCUT2D eigenvalue weighted by molar-refractivity contribution is -0.141. The van der Waals surface area contributed by atoms with Crippen LogP contribution in [0.3, 0.4) is 0 Å². The number of carboxylic acids is 1. The first kappa shape index (κ1) is 11.6. The Bertz CT molecular complexity index is 384. The molecule has 2 atom stereocenters. The molecule has 2 heterocycles. The summed E-state index contributed by atoms with van der Waals surface area (Å²) in [5, 5.41) is 10.7. The highest BCUT2D eigenvalue weighted by molar-refractivity contribution is 6.06. The average molecular weight is 240 g/mol. The van der Waals surface area contributed by atoms with E-state index in [-0.39, 0.29) is 43.7 Å². The number of hydrogen-bond donors (Lipinski definition) is 2. The van der Waals surface area contributed by atoms with Gasteiger partial charge in [0.25, 0.3) is 0 Å². The first-order valence-corrected chi connectivity index (χ1v) is 5.33. The van der Waals surface area contributed by atoms with E-state index in [0.717, 1.165) is 0 Å². The number of amides is 3. The number of fused-ring (bicyclic) bond motifs is 1. The number of imide groups is 1. The van der Waals surface area contributed by atoms with E-state index in [1.165, 1.54) is 4.90 Å². The first-order valence-electron chi connectivity index (χ1n) is 5.33. The summed E-state index contributed by atoms with van der Waals surface area (Å²) in [6, 6.07) is 0. The van der Waals surface area contributed by atoms with Crippen LogP contribution in [0.4, 0.5) is 0 Å². The third kappa shape index (κ3) is 2.13. The largest absolute Gasteiger partial charge is 0.481 e. The first-order chi connectivity index (χ1) is 7.99. The van der Waals surface area contributed by atoms with Crippen LogP contribution in [0.5, 0.6) is 0 Å². The molecule has 0 aliphatic carbocycles. The predicted molar refractivity (Wildman–Crippen MR) is 53.6 cm³/mol. The Morgan fingerprint density at radius 2 is 1.71 bits per heavy atom. The highest BCUT2D eigenvalue weighted by Crippen LogP contribution is 2.28. The van der Waals surface area contributed by atoms with Crippen LogP contribution in [-0.2, 0) is 19.2 Å². The fraction of sp³-hybridized carbons (Fsp3) is 0.600. The van der Waals surface area contributed by atoms with Crippen LogP contribution in [0.25, 0.3) is 0 Å². The maximum Gasteiger partial charge on any atom is 0.303 e. The van der Waals surface area contributed by atoms with Crippen molar-refractivity contribution in [2.45, 2.75) is 12.8 Å². The van der Waals surface area contributed by atoms with E-state index in [4.69, 9.17) is 5.11 Å². The second-order valence-electron chi connectivity index (χ2n) is 4.26. The Balaban J connectivity index is 1.94. The van der Waals surface area contributed by atoms with Crippen molar-refractivity contribution in [3.05, 3.63) is 0 Å². The summed E-state index contributed by atoms with van der Waals surface area (Å²) in [6.07, 6.45) is -0.324. The smallest absolute Gasteiger partial charge is 0.303 e. The van der Waals surface area contributed by atoms with Crippen molar-refractivity contribution in [3.63, 3.8) is 0 Å². The van der Waals surface area contributed by atoms with E-state index in [2.05, 4.69) is 5.32 Å². The molecule has 2 N–H and O–H groups in total. The van der Waals surface area contributed by atoms with Gasteiger partial charge < -0.3 is 10.0 Å². The van der Waals surface area contributed by atoms with Gasteiger partial charge in [-0.15, -0.1) is 0 Å². The predicted octanol–water partition coefficient (Wildman–Crippen LogP) is -1.42. The lowest BCUT2D eigenvalue weighted by Crippen LogP contribution is -2.35. The summed E-state index contributed by atoms with van der Waals surface area (Å²) in [7, 11) is 0. The standard InChI is InChI=1S/C10H12N2O5/c13-7(1-2-8(14)15)12-3-5-6(4-12)10(17)11-9(5)16/h5-6H,1-4H2,(H,14,15)(H,11,16,17)/t5-,6-/m0/s1. The number of hydrogen-bond acceptors (Lipinski definition) is 4. The third-order valence-corrected chi connectivity index (χ3v) is 3.15. The van der Waals surface area contributed by atoms with Crippen molar-refractivity contribution in [1.29, 1.82) is 0 Å². The summed E-state index contributed by atoms with van der Waals surface area (Å²) in [4.78, 5) is 46.0. The molecule has 0 aromatic carbocycles. The molecule has 0 saturated carbocycles. The molecule has 17 heavy (non-hydrogen) atoms. The number of aliphatic carboxylic acids is 1. The molecule has 7 heteroatoms. The van der Waals surface area contributed by atoms with Gasteiger partial charge in [0.15, 0.2) is 0 Å². The van der Waals surface area contributed by atoms with Gasteiger partial charge in [-0.25, -0.2) is 0 Å². The average Bonchev–Trinajstić information content (AvgIpc) is 2.79. The van der Waals surface area contributed by atoms with E-state index in [1.54, 1.807) is 0 Å². The van der Waals surface area contributed by atoms with Gasteiger partial charge in [0.1, 0.15) is 0 Å². The van der Waals surface area contributed by atoms with E-state index in [0.29, 0.717) is 0 Å². The van der Waals surface area contributed by atoms with E-state index in [9.17, 15) is 19.2 Å². The molecule has 3 amide bonds. The minimum absolute atomic E-state index is 0.0927. The molecular formula is C10H12N2O5. The van der Waals surface area contributed by atoms with Crippen molar-refractivity contribution < 1.29 is 24.3 Å². The lowest BCUT2D eigenvalue weighted by Gasteiger charge is -2.16. The Labute approximate surface area is 96.8 Å². The fourth-order valence-electron chi connectivity index (χ4n) is 2.22. The molecule has 0 aromatic rings. The number of likely N-dealkylation sites (tertiary alicyclic amines) is 1. The summed E-state index contributed by atoms with van der Waals surface area (Å²) in [5.41, 5.74) is 0. The molecule has 0 bridgehead atoms. The number of nitrogens with one attached hydrogen (secondary N) is 1. The Morgan fingerprint density at radius 3 is 2.18 bits per heavy atom. The van der Waals surface area contributed by atoms with Crippen LogP contribution in [0.2, 0.25) is 0 Å². The molecule has 2 aliphatic rings. The number of rotatable bonds is 3. The van der Waals surface area contributed by atoms with Crippen LogP contribution in [0.15, 0.2) is 0 Å². The molecule has 0 unspecified atom stereocenters. The van der Waals surface area contributed by atoms with Gasteiger partial charge in [-0.05, 0) is 0 Å². The van der Waals surface area contributed by atoms with Gasteiger partial charge in [-0.1, -0.05) is 0 Å². The SMILES string of the molecule is O=C(O)CCC(=O)N1C[C@@H]2C(=O)NC(=O)[C@H]2C1. The third-order valence-electron chi connectivity index (χ3n) is 3.15. The van der Waals surface area contributed by atoms with E-state index in [1.807, 2.05) is 0 Å². The highest BCUT2D eigenvalue weighted by Gasteiger charge is 2.48. The number of carbonyl (C=O) groups excluding carboxylic acids is 3. The van der Waals surface area contributed by atoms with Crippen LogP contribution in [0, 0.1) is 11.8 Å². The zero-order valence-electron chi connectivity index (χ0n) is 9.01. The Kier molecular flexibility index (Phi) is 2.83. The minimum atomic E-state index is -1.04. The van der Waals surface area contributed by atoms with Gasteiger partial charge in [0.2, 0.25) is 17.7 Å². The zero-order chi connectivity index (χ0) is 12.6. The molecule has 2 rings (SSSR count). The maximum absolute atomic E-state index is 11.6. The van der Waals surface area contributed by atoms with Gasteiger partial charge in [-0.2, -0.15) is 0 Å². The summed E-state index contributed by atoms with van der Waals surface area (Å²) < 4.78 is 0.